The van der Waals surface area contributed by atoms with Crippen LogP contribution in [-0.2, 0) is 6.42 Å². The van der Waals surface area contributed by atoms with E-state index in [1.54, 1.807) is 12.1 Å². The molecule has 1 heterocycles. The summed E-state index contributed by atoms with van der Waals surface area (Å²) in [6, 6.07) is 9.70. The second-order valence-corrected chi connectivity index (χ2v) is 5.45. The maximum absolute atomic E-state index is 13.3. The van der Waals surface area contributed by atoms with Crippen LogP contribution in [0.2, 0.25) is 0 Å². The first-order valence-corrected chi connectivity index (χ1v) is 7.22. The minimum absolute atomic E-state index is 0.184. The van der Waals surface area contributed by atoms with Crippen molar-refractivity contribution >= 4 is 5.78 Å². The van der Waals surface area contributed by atoms with E-state index in [1.165, 1.54) is 12.1 Å². The van der Waals surface area contributed by atoms with Gasteiger partial charge in [0.25, 0.3) is 0 Å². The molecule has 0 aromatic heterocycles. The van der Waals surface area contributed by atoms with Crippen molar-refractivity contribution in [2.45, 2.75) is 26.2 Å². The summed E-state index contributed by atoms with van der Waals surface area (Å²) in [6.07, 6.45) is 2.96. The Hall–Kier alpha value is -2.16. The van der Waals surface area contributed by atoms with Crippen molar-refractivity contribution in [1.82, 2.24) is 0 Å². The molecule has 2 aromatic rings. The first kappa shape index (κ1) is 13.8. The molecule has 0 atom stereocenters. The van der Waals surface area contributed by atoms with Gasteiger partial charge < -0.3 is 4.74 Å². The summed E-state index contributed by atoms with van der Waals surface area (Å²) in [4.78, 5) is 12.7. The largest absolute Gasteiger partial charge is 0.493 e. The topological polar surface area (TPSA) is 26.3 Å². The predicted molar refractivity (Wildman–Crippen MR) is 79.4 cm³/mol. The van der Waals surface area contributed by atoms with Crippen LogP contribution in [0.5, 0.6) is 5.75 Å². The first-order chi connectivity index (χ1) is 10.1. The Balaban J connectivity index is 2.09. The molecule has 1 aliphatic rings. The quantitative estimate of drug-likeness (QED) is 0.777. The van der Waals surface area contributed by atoms with Gasteiger partial charge in [-0.2, -0.15) is 0 Å². The van der Waals surface area contributed by atoms with E-state index in [1.807, 2.05) is 13.0 Å². The lowest BCUT2D eigenvalue weighted by Gasteiger charge is -2.13. The highest BCUT2D eigenvalue weighted by atomic mass is 19.1. The highest BCUT2D eigenvalue weighted by Gasteiger charge is 2.20. The minimum Gasteiger partial charge on any atom is -0.493 e. The molecule has 108 valence electrons. The van der Waals surface area contributed by atoms with E-state index in [-0.39, 0.29) is 5.78 Å². The Morgan fingerprint density at radius 2 is 2.05 bits per heavy atom. The summed E-state index contributed by atoms with van der Waals surface area (Å²) < 4.78 is 19.1. The summed E-state index contributed by atoms with van der Waals surface area (Å²) in [5.41, 5.74) is 3.00. The third kappa shape index (κ3) is 2.82. The molecule has 0 saturated heterocycles. The van der Waals surface area contributed by atoms with E-state index >= 15 is 0 Å². The van der Waals surface area contributed by atoms with Crippen LogP contribution in [0.4, 0.5) is 4.39 Å². The predicted octanol–water partition coefficient (Wildman–Crippen LogP) is 4.08. The van der Waals surface area contributed by atoms with Gasteiger partial charge in [-0.25, -0.2) is 4.39 Å². The smallest absolute Gasteiger partial charge is 0.196 e. The van der Waals surface area contributed by atoms with Crippen molar-refractivity contribution in [2.75, 3.05) is 6.61 Å². The molecular weight excluding hydrogens is 267 g/mol. The van der Waals surface area contributed by atoms with Crippen molar-refractivity contribution in [3.63, 3.8) is 0 Å². The van der Waals surface area contributed by atoms with Crippen molar-refractivity contribution in [1.29, 1.82) is 0 Å². The number of carbonyl (C=O) groups is 1. The number of ketones is 1. The van der Waals surface area contributed by atoms with Crippen molar-refractivity contribution in [2.24, 2.45) is 0 Å². The molecule has 0 radical (unpaired) electrons. The Morgan fingerprint density at radius 1 is 1.19 bits per heavy atom. The number of aryl methyl sites for hydroxylation is 2. The van der Waals surface area contributed by atoms with E-state index < -0.39 is 5.82 Å². The third-order valence-electron chi connectivity index (χ3n) is 3.73. The molecule has 3 heteroatoms. The van der Waals surface area contributed by atoms with Gasteiger partial charge in [0.2, 0.25) is 0 Å². The second kappa shape index (κ2) is 5.68. The Kier molecular flexibility index (Phi) is 3.74. The van der Waals surface area contributed by atoms with E-state index in [0.717, 1.165) is 30.4 Å². The average Bonchev–Trinajstić information content (AvgIpc) is 2.71. The van der Waals surface area contributed by atoms with Crippen molar-refractivity contribution in [3.8, 4) is 5.75 Å². The highest BCUT2D eigenvalue weighted by Crippen LogP contribution is 2.31. The molecule has 0 N–H and O–H groups in total. The van der Waals surface area contributed by atoms with Crippen LogP contribution < -0.4 is 4.74 Å². The molecule has 0 unspecified atom stereocenters. The SMILES string of the molecule is Cc1cc2c(c(C(=O)c3cccc(F)c3)c1)OCCCC2. The van der Waals surface area contributed by atoms with Gasteiger partial charge in [0.05, 0.1) is 12.2 Å². The Labute approximate surface area is 123 Å². The summed E-state index contributed by atoms with van der Waals surface area (Å²) in [5.74, 6) is 0.0872. The van der Waals surface area contributed by atoms with Gasteiger partial charge in [-0.1, -0.05) is 18.2 Å². The second-order valence-electron chi connectivity index (χ2n) is 5.45. The van der Waals surface area contributed by atoms with Crippen molar-refractivity contribution in [3.05, 3.63) is 64.5 Å². The van der Waals surface area contributed by atoms with Crippen LogP contribution in [-0.4, -0.2) is 12.4 Å². The lowest BCUT2D eigenvalue weighted by molar-refractivity contribution is 0.103. The van der Waals surface area contributed by atoms with Gasteiger partial charge in [-0.05, 0) is 55.5 Å². The van der Waals surface area contributed by atoms with Crippen LogP contribution in [0.1, 0.15) is 39.9 Å². The molecule has 1 aliphatic heterocycles. The molecule has 0 aliphatic carbocycles. The van der Waals surface area contributed by atoms with Gasteiger partial charge in [-0.15, -0.1) is 0 Å². The number of hydrogen-bond donors (Lipinski definition) is 0. The first-order valence-electron chi connectivity index (χ1n) is 7.22. The molecule has 0 amide bonds. The molecule has 0 spiro atoms. The molecule has 0 saturated carbocycles. The zero-order chi connectivity index (χ0) is 14.8. The van der Waals surface area contributed by atoms with E-state index in [9.17, 15) is 9.18 Å². The molecule has 2 aromatic carbocycles. The van der Waals surface area contributed by atoms with E-state index in [2.05, 4.69) is 6.07 Å². The average molecular weight is 284 g/mol. The molecule has 21 heavy (non-hydrogen) atoms. The number of halogens is 1. The third-order valence-corrected chi connectivity index (χ3v) is 3.73. The molecule has 3 rings (SSSR count). The fourth-order valence-electron chi connectivity index (χ4n) is 2.75. The highest BCUT2D eigenvalue weighted by molar-refractivity contribution is 6.11. The van der Waals surface area contributed by atoms with Crippen LogP contribution in [0, 0.1) is 12.7 Å². The number of rotatable bonds is 2. The monoisotopic (exact) mass is 284 g/mol. The molecule has 2 nitrogen and oxygen atoms in total. The lowest BCUT2D eigenvalue weighted by atomic mass is 9.96. The number of fused-ring (bicyclic) bond motifs is 1. The maximum atomic E-state index is 13.3. The van der Waals surface area contributed by atoms with Gasteiger partial charge in [0.1, 0.15) is 11.6 Å². The maximum Gasteiger partial charge on any atom is 0.196 e. The summed E-state index contributed by atoms with van der Waals surface area (Å²) in [7, 11) is 0. The number of carbonyl (C=O) groups excluding carboxylic acids is 1. The summed E-state index contributed by atoms with van der Waals surface area (Å²) >= 11 is 0. The van der Waals surface area contributed by atoms with Crippen LogP contribution >= 0.6 is 0 Å². The lowest BCUT2D eigenvalue weighted by Crippen LogP contribution is -2.08. The zero-order valence-corrected chi connectivity index (χ0v) is 12.0. The van der Waals surface area contributed by atoms with Gasteiger partial charge in [-0.3, -0.25) is 4.79 Å². The fraction of sp³-hybridized carbons (Fsp3) is 0.278. The Bertz CT molecular complexity index is 692. The van der Waals surface area contributed by atoms with Crippen molar-refractivity contribution < 1.29 is 13.9 Å². The van der Waals surface area contributed by atoms with Gasteiger partial charge in [0, 0.05) is 5.56 Å². The van der Waals surface area contributed by atoms with E-state index in [4.69, 9.17) is 4.74 Å². The standard InChI is InChI=1S/C18H17FO2/c1-12-9-14-5-2-3-8-21-18(14)16(10-12)17(20)13-6-4-7-15(19)11-13/h4,6-7,9-11H,2-3,5,8H2,1H3. The molecule has 0 fully saturated rings. The normalized spacial score (nSPS) is 14.0. The van der Waals surface area contributed by atoms with Crippen LogP contribution in [0.3, 0.4) is 0 Å². The van der Waals surface area contributed by atoms with Gasteiger partial charge in [0.15, 0.2) is 5.78 Å². The molecule has 0 bridgehead atoms. The summed E-state index contributed by atoms with van der Waals surface area (Å²) in [5, 5.41) is 0. The van der Waals surface area contributed by atoms with Gasteiger partial charge >= 0.3 is 0 Å². The number of ether oxygens (including phenoxy) is 1. The zero-order valence-electron chi connectivity index (χ0n) is 12.0. The molecular formula is C18H17FO2. The number of benzene rings is 2. The fourth-order valence-corrected chi connectivity index (χ4v) is 2.75. The van der Waals surface area contributed by atoms with E-state index in [0.29, 0.717) is 23.5 Å². The Morgan fingerprint density at radius 3 is 2.86 bits per heavy atom. The van der Waals surface area contributed by atoms with Crippen LogP contribution in [0.15, 0.2) is 36.4 Å². The minimum atomic E-state index is -0.402. The number of hydrogen-bond acceptors (Lipinski definition) is 2. The summed E-state index contributed by atoms with van der Waals surface area (Å²) in [6.45, 7) is 2.59. The van der Waals surface area contributed by atoms with Crippen LogP contribution in [0.25, 0.3) is 0 Å².